The fourth-order valence-corrected chi connectivity index (χ4v) is 1.90. The zero-order valence-electron chi connectivity index (χ0n) is 8.19. The second kappa shape index (κ2) is 6.34. The van der Waals surface area contributed by atoms with E-state index in [2.05, 4.69) is 6.92 Å². The zero-order chi connectivity index (χ0) is 10.3. The van der Waals surface area contributed by atoms with Crippen molar-refractivity contribution < 1.29 is 17.7 Å². The van der Waals surface area contributed by atoms with E-state index in [0.717, 1.165) is 19.3 Å². The van der Waals surface area contributed by atoms with Crippen LogP contribution in [0, 0.1) is 0 Å². The Balaban J connectivity index is 3.77. The summed E-state index contributed by atoms with van der Waals surface area (Å²) in [6.45, 7) is 2.07. The van der Waals surface area contributed by atoms with Crippen LogP contribution in [0.25, 0.3) is 0 Å². The third kappa shape index (κ3) is 8.21. The number of hydrogen-bond donors (Lipinski definition) is 1. The van der Waals surface area contributed by atoms with Gasteiger partial charge in [0.25, 0.3) is 10.1 Å². The van der Waals surface area contributed by atoms with Gasteiger partial charge in [0.05, 0.1) is 6.10 Å². The number of hydrogen-bond acceptors (Lipinski definition) is 3. The van der Waals surface area contributed by atoms with Crippen LogP contribution in [0.5, 0.6) is 0 Å². The van der Waals surface area contributed by atoms with Crippen molar-refractivity contribution in [1.82, 2.24) is 0 Å². The molecular formula is C8H18O4S. The van der Waals surface area contributed by atoms with Gasteiger partial charge in [-0.05, 0) is 6.42 Å². The van der Waals surface area contributed by atoms with E-state index < -0.39 is 10.1 Å². The minimum atomic E-state index is -3.90. The van der Waals surface area contributed by atoms with Crippen LogP contribution in [0.4, 0.5) is 0 Å². The van der Waals surface area contributed by atoms with Gasteiger partial charge in [0, 0.05) is 7.11 Å². The van der Waals surface area contributed by atoms with Crippen LogP contribution in [-0.4, -0.2) is 31.9 Å². The maximum atomic E-state index is 10.5. The minimum absolute atomic E-state index is 0.298. The van der Waals surface area contributed by atoms with E-state index in [1.54, 1.807) is 0 Å². The van der Waals surface area contributed by atoms with Crippen molar-refractivity contribution in [1.29, 1.82) is 0 Å². The van der Waals surface area contributed by atoms with Crippen LogP contribution in [0.3, 0.4) is 0 Å². The van der Waals surface area contributed by atoms with Crippen LogP contribution < -0.4 is 0 Å². The molecule has 0 fully saturated rings. The Hall–Kier alpha value is -0.130. The van der Waals surface area contributed by atoms with Crippen LogP contribution >= 0.6 is 0 Å². The first kappa shape index (κ1) is 12.9. The summed E-state index contributed by atoms with van der Waals surface area (Å²) in [5.74, 6) is -0.298. The van der Waals surface area contributed by atoms with E-state index in [1.165, 1.54) is 7.11 Å². The van der Waals surface area contributed by atoms with Crippen molar-refractivity contribution >= 4 is 10.1 Å². The summed E-state index contributed by atoms with van der Waals surface area (Å²) < 4.78 is 34.5. The van der Waals surface area contributed by atoms with Crippen molar-refractivity contribution in [2.45, 2.75) is 38.7 Å². The molecule has 0 bridgehead atoms. The lowest BCUT2D eigenvalue weighted by molar-refractivity contribution is 0.109. The molecule has 0 aromatic heterocycles. The lowest BCUT2D eigenvalue weighted by Gasteiger charge is -2.12. The highest BCUT2D eigenvalue weighted by atomic mass is 32.2. The van der Waals surface area contributed by atoms with E-state index in [9.17, 15) is 8.42 Å². The highest BCUT2D eigenvalue weighted by molar-refractivity contribution is 7.85. The first-order valence-corrected chi connectivity index (χ1v) is 6.08. The van der Waals surface area contributed by atoms with E-state index in [0.29, 0.717) is 6.42 Å². The van der Waals surface area contributed by atoms with Gasteiger partial charge in [0.2, 0.25) is 0 Å². The number of unbranched alkanes of at least 4 members (excludes halogenated alkanes) is 2. The predicted octanol–water partition coefficient (Wildman–Crippen LogP) is 1.47. The second-order valence-electron chi connectivity index (χ2n) is 3.10. The topological polar surface area (TPSA) is 63.6 Å². The van der Waals surface area contributed by atoms with Crippen molar-refractivity contribution in [3.63, 3.8) is 0 Å². The molecule has 0 heterocycles. The molecule has 4 nitrogen and oxygen atoms in total. The van der Waals surface area contributed by atoms with Gasteiger partial charge < -0.3 is 4.74 Å². The SMILES string of the molecule is CCCCCC(CS(=O)(=O)O)OC. The molecule has 0 aliphatic heterocycles. The lowest BCUT2D eigenvalue weighted by Crippen LogP contribution is -2.22. The second-order valence-corrected chi connectivity index (χ2v) is 4.60. The summed E-state index contributed by atoms with van der Waals surface area (Å²) in [5.41, 5.74) is 0. The maximum Gasteiger partial charge on any atom is 0.267 e. The van der Waals surface area contributed by atoms with Gasteiger partial charge in [0.15, 0.2) is 0 Å². The monoisotopic (exact) mass is 210 g/mol. The quantitative estimate of drug-likeness (QED) is 0.510. The summed E-state index contributed by atoms with van der Waals surface area (Å²) in [6, 6.07) is 0. The molecule has 1 atom stereocenters. The van der Waals surface area contributed by atoms with E-state index in [-0.39, 0.29) is 11.9 Å². The van der Waals surface area contributed by atoms with Crippen molar-refractivity contribution in [2.24, 2.45) is 0 Å². The molecule has 0 aliphatic rings. The molecule has 0 amide bonds. The molecule has 0 radical (unpaired) electrons. The molecule has 13 heavy (non-hydrogen) atoms. The highest BCUT2D eigenvalue weighted by Gasteiger charge is 2.15. The highest BCUT2D eigenvalue weighted by Crippen LogP contribution is 2.07. The first-order valence-electron chi connectivity index (χ1n) is 4.47. The molecule has 0 saturated heterocycles. The van der Waals surface area contributed by atoms with Crippen molar-refractivity contribution in [3.8, 4) is 0 Å². The smallest absolute Gasteiger partial charge is 0.267 e. The van der Waals surface area contributed by atoms with Gasteiger partial charge in [-0.25, -0.2) is 0 Å². The van der Waals surface area contributed by atoms with Gasteiger partial charge in [-0.1, -0.05) is 26.2 Å². The Labute approximate surface area is 80.0 Å². The number of ether oxygens (including phenoxy) is 1. The Morgan fingerprint density at radius 3 is 2.38 bits per heavy atom. The lowest BCUT2D eigenvalue weighted by atomic mass is 10.1. The van der Waals surface area contributed by atoms with Crippen LogP contribution in [0.1, 0.15) is 32.6 Å². The maximum absolute atomic E-state index is 10.5. The predicted molar refractivity (Wildman–Crippen MR) is 51.4 cm³/mol. The number of methoxy groups -OCH3 is 1. The van der Waals surface area contributed by atoms with Crippen LogP contribution in [-0.2, 0) is 14.9 Å². The summed E-state index contributed by atoms with van der Waals surface area (Å²) in [6.07, 6.45) is 3.39. The fraction of sp³-hybridized carbons (Fsp3) is 1.00. The van der Waals surface area contributed by atoms with Crippen molar-refractivity contribution in [3.05, 3.63) is 0 Å². The molecule has 0 spiro atoms. The van der Waals surface area contributed by atoms with Crippen LogP contribution in [0.2, 0.25) is 0 Å². The zero-order valence-corrected chi connectivity index (χ0v) is 9.01. The van der Waals surface area contributed by atoms with E-state index in [1.807, 2.05) is 0 Å². The van der Waals surface area contributed by atoms with Gasteiger partial charge in [-0.2, -0.15) is 8.42 Å². The molecule has 0 rings (SSSR count). The summed E-state index contributed by atoms with van der Waals surface area (Å²) in [5, 5.41) is 0. The molecular weight excluding hydrogens is 192 g/mol. The molecule has 5 heteroatoms. The normalized spacial score (nSPS) is 14.4. The Kier molecular flexibility index (Phi) is 6.28. The number of rotatable bonds is 7. The Morgan fingerprint density at radius 2 is 2.00 bits per heavy atom. The van der Waals surface area contributed by atoms with E-state index >= 15 is 0 Å². The fourth-order valence-electron chi connectivity index (χ4n) is 1.13. The molecule has 80 valence electrons. The van der Waals surface area contributed by atoms with Crippen molar-refractivity contribution in [2.75, 3.05) is 12.9 Å². The molecule has 0 aromatic rings. The van der Waals surface area contributed by atoms with Gasteiger partial charge in [-0.15, -0.1) is 0 Å². The van der Waals surface area contributed by atoms with Gasteiger partial charge in [0.1, 0.15) is 5.75 Å². The van der Waals surface area contributed by atoms with Gasteiger partial charge >= 0.3 is 0 Å². The average Bonchev–Trinajstić information content (AvgIpc) is 2.01. The summed E-state index contributed by atoms with van der Waals surface area (Å²) in [7, 11) is -2.44. The van der Waals surface area contributed by atoms with Gasteiger partial charge in [-0.3, -0.25) is 4.55 Å². The average molecular weight is 210 g/mol. The molecule has 1 N–H and O–H groups in total. The summed E-state index contributed by atoms with van der Waals surface area (Å²) in [4.78, 5) is 0. The standard InChI is InChI=1S/C8H18O4S/c1-3-4-5-6-8(12-2)7-13(9,10)11/h8H,3-7H2,1-2H3,(H,9,10,11). The summed E-state index contributed by atoms with van der Waals surface area (Å²) >= 11 is 0. The van der Waals surface area contributed by atoms with Crippen LogP contribution in [0.15, 0.2) is 0 Å². The molecule has 1 unspecified atom stereocenters. The molecule has 0 saturated carbocycles. The first-order chi connectivity index (χ1) is 5.99. The third-order valence-electron chi connectivity index (χ3n) is 1.86. The third-order valence-corrected chi connectivity index (χ3v) is 2.65. The largest absolute Gasteiger partial charge is 0.380 e. The Morgan fingerprint density at radius 1 is 1.38 bits per heavy atom. The van der Waals surface area contributed by atoms with E-state index in [4.69, 9.17) is 9.29 Å². The molecule has 0 aliphatic carbocycles. The minimum Gasteiger partial charge on any atom is -0.380 e. The Bertz CT molecular complexity index is 210. The molecule has 0 aromatic carbocycles.